The molecule has 94 valence electrons. The van der Waals surface area contributed by atoms with Crippen LogP contribution >= 0.6 is 0 Å². The van der Waals surface area contributed by atoms with Gasteiger partial charge in [0.05, 0.1) is 6.54 Å². The minimum Gasteiger partial charge on any atom is -0.351 e. The number of carbonyl (C=O) groups excluding carboxylic acids is 1. The maximum atomic E-state index is 11.5. The summed E-state index contributed by atoms with van der Waals surface area (Å²) in [6, 6.07) is 0.254. The average molecular weight is 227 g/mol. The molecule has 1 heterocycles. The van der Waals surface area contributed by atoms with Gasteiger partial charge in [-0.15, -0.1) is 0 Å². The number of amides is 1. The van der Waals surface area contributed by atoms with Gasteiger partial charge < -0.3 is 15.5 Å². The van der Waals surface area contributed by atoms with Gasteiger partial charge in [-0.05, 0) is 39.4 Å². The average Bonchev–Trinajstić information content (AvgIpc) is 2.27. The van der Waals surface area contributed by atoms with E-state index in [0.29, 0.717) is 6.54 Å². The molecule has 0 saturated carbocycles. The first-order valence-electron chi connectivity index (χ1n) is 6.44. The van der Waals surface area contributed by atoms with Crippen molar-refractivity contribution in [1.29, 1.82) is 0 Å². The highest BCUT2D eigenvalue weighted by molar-refractivity contribution is 5.78. The molecule has 0 aromatic heterocycles. The van der Waals surface area contributed by atoms with Crippen LogP contribution in [0.15, 0.2) is 0 Å². The fourth-order valence-corrected chi connectivity index (χ4v) is 2.14. The molecule has 1 rings (SSSR count). The zero-order valence-corrected chi connectivity index (χ0v) is 10.6. The first-order chi connectivity index (χ1) is 7.72. The van der Waals surface area contributed by atoms with Crippen LogP contribution in [0.25, 0.3) is 0 Å². The molecule has 16 heavy (non-hydrogen) atoms. The first kappa shape index (κ1) is 13.5. The zero-order valence-electron chi connectivity index (χ0n) is 10.6. The Balaban J connectivity index is 2.13. The van der Waals surface area contributed by atoms with E-state index < -0.39 is 0 Å². The third kappa shape index (κ3) is 5.47. The second-order valence-corrected chi connectivity index (χ2v) is 4.61. The molecule has 1 unspecified atom stereocenters. The number of likely N-dealkylation sites (tertiary alicyclic amines) is 1. The Morgan fingerprint density at radius 3 is 2.62 bits per heavy atom. The normalized spacial score (nSPS) is 19.4. The summed E-state index contributed by atoms with van der Waals surface area (Å²) < 4.78 is 0. The molecule has 0 aromatic rings. The first-order valence-corrected chi connectivity index (χ1v) is 6.44. The zero-order chi connectivity index (χ0) is 11.8. The van der Waals surface area contributed by atoms with Gasteiger partial charge in [-0.3, -0.25) is 4.79 Å². The molecular weight excluding hydrogens is 202 g/mol. The number of piperidine rings is 1. The summed E-state index contributed by atoms with van der Waals surface area (Å²) in [6.07, 6.45) is 3.97. The molecule has 2 N–H and O–H groups in total. The lowest BCUT2D eigenvalue weighted by molar-refractivity contribution is -0.120. The highest BCUT2D eigenvalue weighted by Gasteiger charge is 2.14. The molecule has 0 aromatic carbocycles. The molecule has 1 fully saturated rings. The largest absolute Gasteiger partial charge is 0.351 e. The van der Waals surface area contributed by atoms with Crippen molar-refractivity contribution in [2.24, 2.45) is 0 Å². The SMILES string of the molecule is CCNCC(=O)NC(C)CN1CCCCC1. The molecule has 1 amide bonds. The Hall–Kier alpha value is -0.610. The van der Waals surface area contributed by atoms with Crippen LogP contribution in [0.1, 0.15) is 33.1 Å². The summed E-state index contributed by atoms with van der Waals surface area (Å²) in [5.74, 6) is 0.103. The van der Waals surface area contributed by atoms with E-state index >= 15 is 0 Å². The Morgan fingerprint density at radius 2 is 2.00 bits per heavy atom. The molecule has 1 aliphatic rings. The van der Waals surface area contributed by atoms with Gasteiger partial charge >= 0.3 is 0 Å². The maximum Gasteiger partial charge on any atom is 0.234 e. The molecular formula is C12H25N3O. The Morgan fingerprint density at radius 1 is 1.31 bits per heavy atom. The van der Waals surface area contributed by atoms with Crippen LogP contribution in [0.5, 0.6) is 0 Å². The maximum absolute atomic E-state index is 11.5. The van der Waals surface area contributed by atoms with E-state index in [9.17, 15) is 4.79 Å². The quantitative estimate of drug-likeness (QED) is 0.698. The second kappa shape index (κ2) is 7.63. The van der Waals surface area contributed by atoms with E-state index in [0.717, 1.165) is 13.1 Å². The van der Waals surface area contributed by atoms with Gasteiger partial charge in [0.25, 0.3) is 0 Å². The van der Waals surface area contributed by atoms with Crippen LogP contribution in [-0.2, 0) is 4.79 Å². The van der Waals surface area contributed by atoms with E-state index in [1.807, 2.05) is 6.92 Å². The number of hydrogen-bond donors (Lipinski definition) is 2. The molecule has 4 nitrogen and oxygen atoms in total. The van der Waals surface area contributed by atoms with Crippen molar-refractivity contribution in [2.45, 2.75) is 39.2 Å². The lowest BCUT2D eigenvalue weighted by atomic mass is 10.1. The van der Waals surface area contributed by atoms with Crippen molar-refractivity contribution in [1.82, 2.24) is 15.5 Å². The number of nitrogens with one attached hydrogen (secondary N) is 2. The minimum absolute atomic E-state index is 0.103. The van der Waals surface area contributed by atoms with E-state index in [4.69, 9.17) is 0 Å². The van der Waals surface area contributed by atoms with Crippen molar-refractivity contribution in [3.63, 3.8) is 0 Å². The number of carbonyl (C=O) groups is 1. The van der Waals surface area contributed by atoms with E-state index in [1.165, 1.54) is 32.4 Å². The lowest BCUT2D eigenvalue weighted by Crippen LogP contribution is -2.46. The molecule has 0 bridgehead atoms. The van der Waals surface area contributed by atoms with Crippen LogP contribution in [0.2, 0.25) is 0 Å². The predicted molar refractivity (Wildman–Crippen MR) is 66.4 cm³/mol. The monoisotopic (exact) mass is 227 g/mol. The molecule has 0 aliphatic carbocycles. The molecule has 4 heteroatoms. The minimum atomic E-state index is 0.103. The van der Waals surface area contributed by atoms with E-state index in [1.54, 1.807) is 0 Å². The fourth-order valence-electron chi connectivity index (χ4n) is 2.14. The summed E-state index contributed by atoms with van der Waals surface area (Å²) in [6.45, 7) is 8.72. The number of nitrogens with zero attached hydrogens (tertiary/aromatic N) is 1. The standard InChI is InChI=1S/C12H25N3O/c1-3-13-9-12(16)14-11(2)10-15-7-5-4-6-8-15/h11,13H,3-10H2,1-2H3,(H,14,16). The third-order valence-electron chi connectivity index (χ3n) is 2.92. The summed E-state index contributed by atoms with van der Waals surface area (Å²) in [4.78, 5) is 13.9. The van der Waals surface area contributed by atoms with Crippen LogP contribution in [0, 0.1) is 0 Å². The molecule has 0 spiro atoms. The molecule has 1 saturated heterocycles. The summed E-state index contributed by atoms with van der Waals surface area (Å²) in [5, 5.41) is 6.05. The Bertz CT molecular complexity index is 202. The summed E-state index contributed by atoms with van der Waals surface area (Å²) >= 11 is 0. The van der Waals surface area contributed by atoms with Crippen LogP contribution in [0.3, 0.4) is 0 Å². The number of rotatable bonds is 6. The van der Waals surface area contributed by atoms with Crippen molar-refractivity contribution >= 4 is 5.91 Å². The Kier molecular flexibility index (Phi) is 6.42. The molecule has 1 atom stereocenters. The van der Waals surface area contributed by atoms with Crippen molar-refractivity contribution in [2.75, 3.05) is 32.7 Å². The van der Waals surface area contributed by atoms with Gasteiger partial charge in [-0.1, -0.05) is 13.3 Å². The van der Waals surface area contributed by atoms with Gasteiger partial charge in [0, 0.05) is 12.6 Å². The van der Waals surface area contributed by atoms with Crippen molar-refractivity contribution < 1.29 is 4.79 Å². The van der Waals surface area contributed by atoms with Crippen LogP contribution in [-0.4, -0.2) is 49.6 Å². The highest BCUT2D eigenvalue weighted by Crippen LogP contribution is 2.08. The Labute approximate surface area is 98.8 Å². The van der Waals surface area contributed by atoms with Gasteiger partial charge in [-0.25, -0.2) is 0 Å². The van der Waals surface area contributed by atoms with Crippen molar-refractivity contribution in [3.8, 4) is 0 Å². The van der Waals surface area contributed by atoms with Gasteiger partial charge in [0.1, 0.15) is 0 Å². The van der Waals surface area contributed by atoms with Crippen LogP contribution < -0.4 is 10.6 Å². The smallest absolute Gasteiger partial charge is 0.234 e. The van der Waals surface area contributed by atoms with Crippen molar-refractivity contribution in [3.05, 3.63) is 0 Å². The van der Waals surface area contributed by atoms with Gasteiger partial charge in [0.2, 0.25) is 5.91 Å². The van der Waals surface area contributed by atoms with E-state index in [2.05, 4.69) is 22.5 Å². The fraction of sp³-hybridized carbons (Fsp3) is 0.917. The van der Waals surface area contributed by atoms with Gasteiger partial charge in [-0.2, -0.15) is 0 Å². The topological polar surface area (TPSA) is 44.4 Å². The summed E-state index contributed by atoms with van der Waals surface area (Å²) in [5.41, 5.74) is 0. The predicted octanol–water partition coefficient (Wildman–Crippen LogP) is 0.587. The third-order valence-corrected chi connectivity index (χ3v) is 2.92. The number of hydrogen-bond acceptors (Lipinski definition) is 3. The second-order valence-electron chi connectivity index (χ2n) is 4.61. The molecule has 0 radical (unpaired) electrons. The summed E-state index contributed by atoms with van der Waals surface area (Å²) in [7, 11) is 0. The number of likely N-dealkylation sites (N-methyl/N-ethyl adjacent to an activating group) is 1. The highest BCUT2D eigenvalue weighted by atomic mass is 16.1. The van der Waals surface area contributed by atoms with Gasteiger partial charge in [0.15, 0.2) is 0 Å². The molecule has 1 aliphatic heterocycles. The lowest BCUT2D eigenvalue weighted by Gasteiger charge is -2.29. The van der Waals surface area contributed by atoms with Crippen LogP contribution in [0.4, 0.5) is 0 Å². The van der Waals surface area contributed by atoms with E-state index in [-0.39, 0.29) is 11.9 Å².